The number of aromatic nitrogens is 2. The van der Waals surface area contributed by atoms with Gasteiger partial charge in [0.25, 0.3) is 0 Å². The Morgan fingerprint density at radius 2 is 2.00 bits per heavy atom. The molecule has 0 saturated heterocycles. The minimum absolute atomic E-state index is 0.0802. The van der Waals surface area contributed by atoms with Gasteiger partial charge < -0.3 is 10.4 Å². The minimum atomic E-state index is -0.0802. The Bertz CT molecular complexity index is 459. The Hall–Kier alpha value is -0.680. The fraction of sp³-hybridized carbons (Fsp3) is 0.733. The van der Waals surface area contributed by atoms with Gasteiger partial charge in [-0.2, -0.15) is 0 Å². The van der Waals surface area contributed by atoms with Gasteiger partial charge in [0, 0.05) is 30.0 Å². The van der Waals surface area contributed by atoms with E-state index in [2.05, 4.69) is 52.0 Å². The van der Waals surface area contributed by atoms with Crippen molar-refractivity contribution in [3.05, 3.63) is 16.5 Å². The van der Waals surface area contributed by atoms with E-state index in [1.165, 1.54) is 12.8 Å². The second-order valence-corrected chi connectivity index (χ2v) is 7.44. The summed E-state index contributed by atoms with van der Waals surface area (Å²) in [6, 6.07) is 2.22. The number of halogens is 1. The lowest BCUT2D eigenvalue weighted by Crippen LogP contribution is -2.35. The van der Waals surface area contributed by atoms with Crippen LogP contribution in [0.4, 0.5) is 5.82 Å². The standard InChI is InChI=1S/C15H24BrN3O/c1-15(2,3)14-18-12(16)8-13(19-14)17-11-7-5-4-6-10(11)9-20/h8,10-11,20H,4-7,9H2,1-3H3,(H,17,18,19). The van der Waals surface area contributed by atoms with Crippen LogP contribution in [0.25, 0.3) is 0 Å². The lowest BCUT2D eigenvalue weighted by molar-refractivity contribution is 0.178. The molecule has 2 N–H and O–H groups in total. The van der Waals surface area contributed by atoms with E-state index in [0.29, 0.717) is 12.0 Å². The number of hydrogen-bond donors (Lipinski definition) is 2. The van der Waals surface area contributed by atoms with Gasteiger partial charge in [-0.3, -0.25) is 0 Å². The van der Waals surface area contributed by atoms with Crippen LogP contribution >= 0.6 is 15.9 Å². The molecule has 4 nitrogen and oxygen atoms in total. The summed E-state index contributed by atoms with van der Waals surface area (Å²) in [5.74, 6) is 2.00. The van der Waals surface area contributed by atoms with Gasteiger partial charge in [-0.05, 0) is 28.8 Å². The zero-order valence-corrected chi connectivity index (χ0v) is 14.1. The van der Waals surface area contributed by atoms with E-state index < -0.39 is 0 Å². The third-order valence-electron chi connectivity index (χ3n) is 3.84. The van der Waals surface area contributed by atoms with Gasteiger partial charge in [-0.1, -0.05) is 33.6 Å². The highest BCUT2D eigenvalue weighted by Gasteiger charge is 2.25. The first-order valence-corrected chi connectivity index (χ1v) is 8.12. The summed E-state index contributed by atoms with van der Waals surface area (Å²) in [5.41, 5.74) is -0.0802. The van der Waals surface area contributed by atoms with Crippen LogP contribution in [0.15, 0.2) is 10.7 Å². The second-order valence-electron chi connectivity index (χ2n) is 6.63. The molecule has 0 spiro atoms. The molecule has 0 aliphatic heterocycles. The topological polar surface area (TPSA) is 58.0 Å². The maximum absolute atomic E-state index is 9.50. The molecule has 0 radical (unpaired) electrons. The van der Waals surface area contributed by atoms with Crippen molar-refractivity contribution in [2.24, 2.45) is 5.92 Å². The summed E-state index contributed by atoms with van der Waals surface area (Å²) in [5, 5.41) is 13.0. The summed E-state index contributed by atoms with van der Waals surface area (Å²) in [6.45, 7) is 6.57. The molecule has 1 heterocycles. The van der Waals surface area contributed by atoms with E-state index in [0.717, 1.165) is 29.1 Å². The largest absolute Gasteiger partial charge is 0.396 e. The Kier molecular flexibility index (Phi) is 5.02. The summed E-state index contributed by atoms with van der Waals surface area (Å²) in [6.07, 6.45) is 4.61. The molecular weight excluding hydrogens is 318 g/mol. The van der Waals surface area contributed by atoms with Gasteiger partial charge in [-0.25, -0.2) is 9.97 Å². The second kappa shape index (κ2) is 6.39. The summed E-state index contributed by atoms with van der Waals surface area (Å²) >= 11 is 3.46. The zero-order valence-electron chi connectivity index (χ0n) is 12.5. The van der Waals surface area contributed by atoms with Crippen LogP contribution < -0.4 is 5.32 Å². The first kappa shape index (κ1) is 15.7. The maximum Gasteiger partial charge on any atom is 0.137 e. The zero-order chi connectivity index (χ0) is 14.8. The van der Waals surface area contributed by atoms with E-state index in [1.807, 2.05) is 6.07 Å². The third kappa shape index (κ3) is 3.92. The van der Waals surface area contributed by atoms with Gasteiger partial charge in [-0.15, -0.1) is 0 Å². The maximum atomic E-state index is 9.50. The fourth-order valence-corrected chi connectivity index (χ4v) is 3.02. The van der Waals surface area contributed by atoms with Gasteiger partial charge in [0.15, 0.2) is 0 Å². The average Bonchev–Trinajstić information content (AvgIpc) is 2.37. The molecule has 1 aromatic rings. The fourth-order valence-electron chi connectivity index (χ4n) is 2.63. The van der Waals surface area contributed by atoms with Gasteiger partial charge >= 0.3 is 0 Å². The molecule has 20 heavy (non-hydrogen) atoms. The smallest absolute Gasteiger partial charge is 0.137 e. The molecule has 2 atom stereocenters. The third-order valence-corrected chi connectivity index (χ3v) is 4.25. The van der Waals surface area contributed by atoms with Crippen molar-refractivity contribution in [1.29, 1.82) is 0 Å². The van der Waals surface area contributed by atoms with Crippen molar-refractivity contribution < 1.29 is 5.11 Å². The number of aliphatic hydroxyl groups excluding tert-OH is 1. The van der Waals surface area contributed by atoms with Crippen molar-refractivity contribution in [2.45, 2.75) is 57.9 Å². The normalized spacial score (nSPS) is 23.6. The van der Waals surface area contributed by atoms with E-state index in [1.54, 1.807) is 0 Å². The van der Waals surface area contributed by atoms with Crippen molar-refractivity contribution >= 4 is 21.7 Å². The summed E-state index contributed by atoms with van der Waals surface area (Å²) in [7, 11) is 0. The molecule has 2 rings (SSSR count). The molecule has 1 aromatic heterocycles. The van der Waals surface area contributed by atoms with Crippen molar-refractivity contribution in [1.82, 2.24) is 9.97 Å². The van der Waals surface area contributed by atoms with Crippen LogP contribution in [0.2, 0.25) is 0 Å². The molecule has 1 saturated carbocycles. The molecule has 0 bridgehead atoms. The van der Waals surface area contributed by atoms with E-state index in [-0.39, 0.29) is 12.0 Å². The number of anilines is 1. The lowest BCUT2D eigenvalue weighted by Gasteiger charge is -2.31. The van der Waals surface area contributed by atoms with Crippen molar-refractivity contribution in [2.75, 3.05) is 11.9 Å². The average molecular weight is 342 g/mol. The SMILES string of the molecule is CC(C)(C)c1nc(Br)cc(NC2CCCCC2CO)n1. The van der Waals surface area contributed by atoms with Gasteiger partial charge in [0.1, 0.15) is 16.2 Å². The van der Waals surface area contributed by atoms with Gasteiger partial charge in [0.2, 0.25) is 0 Å². The number of aliphatic hydroxyl groups is 1. The lowest BCUT2D eigenvalue weighted by atomic mass is 9.85. The first-order valence-electron chi connectivity index (χ1n) is 7.32. The number of nitrogens with one attached hydrogen (secondary N) is 1. The molecule has 0 aromatic carbocycles. The minimum Gasteiger partial charge on any atom is -0.396 e. The van der Waals surface area contributed by atoms with Crippen LogP contribution in [0, 0.1) is 5.92 Å². The highest BCUT2D eigenvalue weighted by molar-refractivity contribution is 9.10. The molecule has 112 valence electrons. The molecule has 1 aliphatic rings. The van der Waals surface area contributed by atoms with E-state index in [4.69, 9.17) is 0 Å². The van der Waals surface area contributed by atoms with Crippen LogP contribution in [0.3, 0.4) is 0 Å². The number of rotatable bonds is 3. The van der Waals surface area contributed by atoms with Crippen LogP contribution in [0.5, 0.6) is 0 Å². The monoisotopic (exact) mass is 341 g/mol. The molecular formula is C15H24BrN3O. The van der Waals surface area contributed by atoms with Crippen LogP contribution in [0.1, 0.15) is 52.3 Å². The Morgan fingerprint density at radius 3 is 2.65 bits per heavy atom. The first-order chi connectivity index (χ1) is 9.40. The summed E-state index contributed by atoms with van der Waals surface area (Å²) in [4.78, 5) is 9.09. The van der Waals surface area contributed by atoms with Crippen molar-refractivity contribution in [3.63, 3.8) is 0 Å². The van der Waals surface area contributed by atoms with Crippen LogP contribution in [-0.4, -0.2) is 27.7 Å². The molecule has 1 aliphatic carbocycles. The van der Waals surface area contributed by atoms with Gasteiger partial charge in [0.05, 0.1) is 0 Å². The predicted molar refractivity (Wildman–Crippen MR) is 84.9 cm³/mol. The Morgan fingerprint density at radius 1 is 1.30 bits per heavy atom. The number of hydrogen-bond acceptors (Lipinski definition) is 4. The van der Waals surface area contributed by atoms with Crippen LogP contribution in [-0.2, 0) is 5.41 Å². The summed E-state index contributed by atoms with van der Waals surface area (Å²) < 4.78 is 0.802. The predicted octanol–water partition coefficient (Wildman–Crippen LogP) is 3.50. The Labute approximate surface area is 129 Å². The molecule has 0 amide bonds. The molecule has 2 unspecified atom stereocenters. The quantitative estimate of drug-likeness (QED) is 0.826. The van der Waals surface area contributed by atoms with Crippen molar-refractivity contribution in [3.8, 4) is 0 Å². The highest BCUT2D eigenvalue weighted by Crippen LogP contribution is 2.28. The molecule has 5 heteroatoms. The van der Waals surface area contributed by atoms with E-state index in [9.17, 15) is 5.11 Å². The van der Waals surface area contributed by atoms with E-state index >= 15 is 0 Å². The number of nitrogens with zero attached hydrogens (tertiary/aromatic N) is 2. The molecule has 1 fully saturated rings. The highest BCUT2D eigenvalue weighted by atomic mass is 79.9. The Balaban J connectivity index is 2.18.